The first-order valence-electron chi connectivity index (χ1n) is 5.88. The standard InChI is InChI=1S/C12H12Cl3NO3S/c13-10-2-1-9(11(14)4-10)6-16-5-8(3-12(16)17)7-20(15,18)19/h1-2,4,8H,3,5-7H2. The highest BCUT2D eigenvalue weighted by Crippen LogP contribution is 2.26. The third-order valence-electron chi connectivity index (χ3n) is 3.11. The Balaban J connectivity index is 2.05. The first-order chi connectivity index (χ1) is 9.24. The van der Waals surface area contributed by atoms with Crippen LogP contribution in [-0.2, 0) is 20.4 Å². The van der Waals surface area contributed by atoms with Gasteiger partial charge in [-0.05, 0) is 17.7 Å². The molecule has 2 rings (SSSR count). The number of carbonyl (C=O) groups is 1. The first kappa shape index (κ1) is 15.9. The van der Waals surface area contributed by atoms with Gasteiger partial charge in [-0.3, -0.25) is 4.79 Å². The van der Waals surface area contributed by atoms with Crippen molar-refractivity contribution in [3.8, 4) is 0 Å². The van der Waals surface area contributed by atoms with Crippen LogP contribution < -0.4 is 0 Å². The van der Waals surface area contributed by atoms with Gasteiger partial charge in [0.05, 0.1) is 5.75 Å². The predicted molar refractivity (Wildman–Crippen MR) is 79.6 cm³/mol. The Morgan fingerprint density at radius 3 is 2.60 bits per heavy atom. The quantitative estimate of drug-likeness (QED) is 0.779. The van der Waals surface area contributed by atoms with E-state index in [1.54, 1.807) is 23.1 Å². The molecule has 0 saturated carbocycles. The maximum absolute atomic E-state index is 11.9. The number of nitrogens with zero attached hydrogens (tertiary/aromatic N) is 1. The van der Waals surface area contributed by atoms with E-state index in [-0.39, 0.29) is 24.0 Å². The highest BCUT2D eigenvalue weighted by molar-refractivity contribution is 8.13. The molecule has 1 amide bonds. The Morgan fingerprint density at radius 2 is 2.00 bits per heavy atom. The molecule has 0 N–H and O–H groups in total. The lowest BCUT2D eigenvalue weighted by molar-refractivity contribution is -0.128. The Morgan fingerprint density at radius 1 is 1.30 bits per heavy atom. The van der Waals surface area contributed by atoms with Crippen molar-refractivity contribution in [2.75, 3.05) is 12.3 Å². The molecule has 1 fully saturated rings. The second kappa shape index (κ2) is 6.10. The molecule has 0 aliphatic carbocycles. The molecular weight excluding hydrogens is 345 g/mol. The summed E-state index contributed by atoms with van der Waals surface area (Å²) in [7, 11) is 1.63. The Bertz CT molecular complexity index is 633. The van der Waals surface area contributed by atoms with E-state index in [0.717, 1.165) is 5.56 Å². The molecule has 0 aromatic heterocycles. The molecule has 1 aliphatic heterocycles. The molecule has 0 radical (unpaired) electrons. The lowest BCUT2D eigenvalue weighted by atomic mass is 10.1. The van der Waals surface area contributed by atoms with Crippen molar-refractivity contribution in [2.24, 2.45) is 5.92 Å². The minimum atomic E-state index is -3.59. The second-order valence-electron chi connectivity index (χ2n) is 4.79. The van der Waals surface area contributed by atoms with Gasteiger partial charge in [-0.25, -0.2) is 8.42 Å². The number of likely N-dealkylation sites (tertiary alicyclic amines) is 1. The molecule has 110 valence electrons. The van der Waals surface area contributed by atoms with E-state index in [2.05, 4.69) is 0 Å². The first-order valence-corrected chi connectivity index (χ1v) is 9.12. The number of carbonyl (C=O) groups excluding carboxylic acids is 1. The van der Waals surface area contributed by atoms with Crippen molar-refractivity contribution >= 4 is 48.8 Å². The van der Waals surface area contributed by atoms with Gasteiger partial charge in [-0.1, -0.05) is 29.3 Å². The summed E-state index contributed by atoms with van der Waals surface area (Å²) in [5.41, 5.74) is 0.777. The molecule has 1 aromatic rings. The molecule has 20 heavy (non-hydrogen) atoms. The third kappa shape index (κ3) is 4.25. The molecular formula is C12H12Cl3NO3S. The zero-order chi connectivity index (χ0) is 14.9. The van der Waals surface area contributed by atoms with Gasteiger partial charge in [0.2, 0.25) is 15.0 Å². The molecule has 1 unspecified atom stereocenters. The fourth-order valence-corrected chi connectivity index (χ4v) is 4.04. The van der Waals surface area contributed by atoms with Gasteiger partial charge in [0.1, 0.15) is 0 Å². The van der Waals surface area contributed by atoms with Gasteiger partial charge in [0.15, 0.2) is 0 Å². The van der Waals surface area contributed by atoms with E-state index in [1.807, 2.05) is 0 Å². The van der Waals surface area contributed by atoms with Crippen LogP contribution in [0, 0.1) is 5.92 Å². The van der Waals surface area contributed by atoms with Crippen LogP contribution in [0.5, 0.6) is 0 Å². The van der Waals surface area contributed by atoms with E-state index in [4.69, 9.17) is 33.9 Å². The Hall–Kier alpha value is -0.490. The van der Waals surface area contributed by atoms with E-state index < -0.39 is 9.05 Å². The van der Waals surface area contributed by atoms with E-state index in [1.165, 1.54) is 0 Å². The Labute approximate surface area is 132 Å². The van der Waals surface area contributed by atoms with Crippen LogP contribution >= 0.6 is 33.9 Å². The van der Waals surface area contributed by atoms with Crippen molar-refractivity contribution in [1.82, 2.24) is 4.90 Å². The van der Waals surface area contributed by atoms with Crippen molar-refractivity contribution in [2.45, 2.75) is 13.0 Å². The average molecular weight is 357 g/mol. The topological polar surface area (TPSA) is 54.5 Å². The van der Waals surface area contributed by atoms with E-state index in [9.17, 15) is 13.2 Å². The van der Waals surface area contributed by atoms with Crippen LogP contribution in [0.2, 0.25) is 10.0 Å². The van der Waals surface area contributed by atoms with Crippen LogP contribution in [0.4, 0.5) is 0 Å². The van der Waals surface area contributed by atoms with Crippen molar-refractivity contribution < 1.29 is 13.2 Å². The summed E-state index contributed by atoms with van der Waals surface area (Å²) in [5.74, 6) is -0.553. The minimum Gasteiger partial charge on any atom is -0.338 e. The SMILES string of the molecule is O=C1CC(CS(=O)(=O)Cl)CN1Cc1ccc(Cl)cc1Cl. The lowest BCUT2D eigenvalue weighted by Crippen LogP contribution is -2.25. The molecule has 0 bridgehead atoms. The summed E-state index contributed by atoms with van der Waals surface area (Å²) in [6.45, 7) is 0.706. The van der Waals surface area contributed by atoms with Gasteiger partial charge in [-0.15, -0.1) is 0 Å². The molecule has 4 nitrogen and oxygen atoms in total. The molecule has 1 heterocycles. The number of hydrogen-bond donors (Lipinski definition) is 0. The highest BCUT2D eigenvalue weighted by atomic mass is 35.7. The van der Waals surface area contributed by atoms with Gasteiger partial charge < -0.3 is 4.90 Å². The normalized spacial score (nSPS) is 19.6. The Kier molecular flexibility index (Phi) is 4.84. The summed E-state index contributed by atoms with van der Waals surface area (Å²) in [6.07, 6.45) is 0.192. The summed E-state index contributed by atoms with van der Waals surface area (Å²) < 4.78 is 22.1. The van der Waals surface area contributed by atoms with Crippen LogP contribution in [0.25, 0.3) is 0 Å². The molecule has 1 aromatic carbocycles. The third-order valence-corrected chi connectivity index (χ3v) is 4.94. The summed E-state index contributed by atoms with van der Waals surface area (Å²) >= 11 is 11.9. The van der Waals surface area contributed by atoms with Crippen molar-refractivity contribution in [3.05, 3.63) is 33.8 Å². The lowest BCUT2D eigenvalue weighted by Gasteiger charge is -2.17. The van der Waals surface area contributed by atoms with E-state index in [0.29, 0.717) is 23.1 Å². The van der Waals surface area contributed by atoms with Crippen molar-refractivity contribution in [3.63, 3.8) is 0 Å². The molecule has 0 spiro atoms. The fourth-order valence-electron chi connectivity index (χ4n) is 2.26. The highest BCUT2D eigenvalue weighted by Gasteiger charge is 2.32. The number of rotatable bonds is 4. The van der Waals surface area contributed by atoms with Gasteiger partial charge in [0.25, 0.3) is 0 Å². The van der Waals surface area contributed by atoms with E-state index >= 15 is 0 Å². The van der Waals surface area contributed by atoms with Gasteiger partial charge >= 0.3 is 0 Å². The molecule has 1 atom stereocenters. The fraction of sp³-hybridized carbons (Fsp3) is 0.417. The minimum absolute atomic E-state index is 0.0960. The maximum atomic E-state index is 11.9. The maximum Gasteiger partial charge on any atom is 0.232 e. The van der Waals surface area contributed by atoms with Crippen LogP contribution in [0.1, 0.15) is 12.0 Å². The van der Waals surface area contributed by atoms with Gasteiger partial charge in [-0.2, -0.15) is 0 Å². The van der Waals surface area contributed by atoms with Crippen molar-refractivity contribution in [1.29, 1.82) is 0 Å². The predicted octanol–water partition coefficient (Wildman–Crippen LogP) is 2.91. The number of hydrogen-bond acceptors (Lipinski definition) is 3. The van der Waals surface area contributed by atoms with Crippen LogP contribution in [0.3, 0.4) is 0 Å². The summed E-state index contributed by atoms with van der Waals surface area (Å²) in [4.78, 5) is 13.5. The monoisotopic (exact) mass is 355 g/mol. The van der Waals surface area contributed by atoms with Crippen LogP contribution in [-0.4, -0.2) is 31.5 Å². The largest absolute Gasteiger partial charge is 0.338 e. The molecule has 1 aliphatic rings. The zero-order valence-corrected chi connectivity index (χ0v) is 13.4. The van der Waals surface area contributed by atoms with Gasteiger partial charge in [0, 0.05) is 46.2 Å². The average Bonchev–Trinajstić information content (AvgIpc) is 2.60. The second-order valence-corrected chi connectivity index (χ2v) is 8.45. The summed E-state index contributed by atoms with van der Waals surface area (Å²) in [6, 6.07) is 5.06. The molecule has 8 heteroatoms. The molecule has 1 saturated heterocycles. The number of amides is 1. The number of halogens is 3. The zero-order valence-electron chi connectivity index (χ0n) is 10.4. The number of benzene rings is 1. The smallest absolute Gasteiger partial charge is 0.232 e. The van der Waals surface area contributed by atoms with Crippen LogP contribution in [0.15, 0.2) is 18.2 Å². The summed E-state index contributed by atoms with van der Waals surface area (Å²) in [5, 5.41) is 1.01.